The third-order valence-electron chi connectivity index (χ3n) is 5.42. The molecule has 4 heteroatoms. The second kappa shape index (κ2) is 6.42. The zero-order valence-electron chi connectivity index (χ0n) is 14.6. The standard InChI is InChI=1S/C20H25N3O/c1-21-20-18(13-6-4-3-5-7-13)23-19-16-10-9-15(24-2)12-14(16)8-11-17(19)22-20/h9-10,12-13H,3-8,11H2,1-2H3,(H,21,22). The minimum atomic E-state index is 0.544. The van der Waals surface area contributed by atoms with Crippen LogP contribution in [0.1, 0.15) is 55.0 Å². The first-order chi connectivity index (χ1) is 11.8. The van der Waals surface area contributed by atoms with E-state index in [0.29, 0.717) is 5.92 Å². The molecule has 0 spiro atoms. The molecular formula is C20H25N3O. The summed E-state index contributed by atoms with van der Waals surface area (Å²) in [7, 11) is 3.68. The van der Waals surface area contributed by atoms with Crippen molar-refractivity contribution in [1.82, 2.24) is 9.97 Å². The van der Waals surface area contributed by atoms with Gasteiger partial charge in [-0.1, -0.05) is 19.3 Å². The van der Waals surface area contributed by atoms with Gasteiger partial charge >= 0.3 is 0 Å². The highest BCUT2D eigenvalue weighted by molar-refractivity contribution is 5.70. The molecule has 24 heavy (non-hydrogen) atoms. The fourth-order valence-corrected chi connectivity index (χ4v) is 4.11. The maximum absolute atomic E-state index is 5.38. The second-order valence-corrected chi connectivity index (χ2v) is 6.86. The summed E-state index contributed by atoms with van der Waals surface area (Å²) in [5, 5.41) is 3.29. The van der Waals surface area contributed by atoms with Crippen LogP contribution >= 0.6 is 0 Å². The lowest BCUT2D eigenvalue weighted by Crippen LogP contribution is -2.16. The second-order valence-electron chi connectivity index (χ2n) is 6.86. The van der Waals surface area contributed by atoms with Crippen molar-refractivity contribution in [2.45, 2.75) is 50.9 Å². The van der Waals surface area contributed by atoms with Gasteiger partial charge in [0.15, 0.2) is 0 Å². The zero-order valence-corrected chi connectivity index (χ0v) is 14.6. The lowest BCUT2D eigenvalue weighted by Gasteiger charge is -2.26. The van der Waals surface area contributed by atoms with Gasteiger partial charge < -0.3 is 10.1 Å². The number of methoxy groups -OCH3 is 1. The van der Waals surface area contributed by atoms with E-state index >= 15 is 0 Å². The predicted octanol–water partition coefficient (Wildman–Crippen LogP) is 4.34. The van der Waals surface area contributed by atoms with Crippen molar-refractivity contribution in [3.8, 4) is 17.0 Å². The lowest BCUT2D eigenvalue weighted by molar-refractivity contribution is 0.414. The number of ether oxygens (including phenoxy) is 1. The highest BCUT2D eigenvalue weighted by Crippen LogP contribution is 2.39. The molecule has 2 aromatic rings. The van der Waals surface area contributed by atoms with Gasteiger partial charge in [0, 0.05) is 18.5 Å². The fourth-order valence-electron chi connectivity index (χ4n) is 4.11. The van der Waals surface area contributed by atoms with Crippen LogP contribution in [0, 0.1) is 0 Å². The van der Waals surface area contributed by atoms with Crippen LogP contribution in [-0.2, 0) is 12.8 Å². The number of hydrogen-bond acceptors (Lipinski definition) is 4. The zero-order chi connectivity index (χ0) is 16.5. The summed E-state index contributed by atoms with van der Waals surface area (Å²) >= 11 is 0. The number of rotatable bonds is 3. The Morgan fingerprint density at radius 3 is 2.67 bits per heavy atom. The van der Waals surface area contributed by atoms with Crippen LogP contribution in [-0.4, -0.2) is 24.1 Å². The molecule has 1 aromatic heterocycles. The SMILES string of the molecule is CNc1nc2c(nc1C1CCCCC1)-c1ccc(OC)cc1CC2. The Balaban J connectivity index is 1.81. The highest BCUT2D eigenvalue weighted by atomic mass is 16.5. The Morgan fingerprint density at radius 2 is 1.92 bits per heavy atom. The number of aryl methyl sites for hydroxylation is 2. The quantitative estimate of drug-likeness (QED) is 0.913. The van der Waals surface area contributed by atoms with Crippen molar-refractivity contribution in [3.05, 3.63) is 35.2 Å². The number of nitrogens with one attached hydrogen (secondary N) is 1. The van der Waals surface area contributed by atoms with E-state index in [4.69, 9.17) is 14.7 Å². The van der Waals surface area contributed by atoms with Gasteiger partial charge in [0.2, 0.25) is 0 Å². The average molecular weight is 323 g/mol. The van der Waals surface area contributed by atoms with Gasteiger partial charge in [-0.05, 0) is 49.4 Å². The van der Waals surface area contributed by atoms with E-state index in [1.807, 2.05) is 13.1 Å². The van der Waals surface area contributed by atoms with Crippen LogP contribution in [0.4, 0.5) is 5.82 Å². The molecule has 2 aliphatic carbocycles. The van der Waals surface area contributed by atoms with E-state index < -0.39 is 0 Å². The molecule has 2 aliphatic rings. The predicted molar refractivity (Wildman–Crippen MR) is 96.8 cm³/mol. The fraction of sp³-hybridized carbons (Fsp3) is 0.500. The van der Waals surface area contributed by atoms with Crippen LogP contribution in [0.5, 0.6) is 5.75 Å². The molecular weight excluding hydrogens is 298 g/mol. The van der Waals surface area contributed by atoms with Gasteiger partial charge in [-0.15, -0.1) is 0 Å². The van der Waals surface area contributed by atoms with Crippen molar-refractivity contribution in [3.63, 3.8) is 0 Å². The lowest BCUT2D eigenvalue weighted by atomic mass is 9.85. The van der Waals surface area contributed by atoms with Gasteiger partial charge in [-0.25, -0.2) is 9.97 Å². The summed E-state index contributed by atoms with van der Waals surface area (Å²) in [4.78, 5) is 10.1. The van der Waals surface area contributed by atoms with E-state index in [0.717, 1.165) is 35.8 Å². The number of benzene rings is 1. The highest BCUT2D eigenvalue weighted by Gasteiger charge is 2.26. The first-order valence-corrected chi connectivity index (χ1v) is 9.06. The van der Waals surface area contributed by atoms with Crippen molar-refractivity contribution in [1.29, 1.82) is 0 Å². The van der Waals surface area contributed by atoms with E-state index in [-0.39, 0.29) is 0 Å². The molecule has 1 N–H and O–H groups in total. The summed E-state index contributed by atoms with van der Waals surface area (Å²) in [5.74, 6) is 2.45. The molecule has 1 fully saturated rings. The molecule has 0 amide bonds. The smallest absolute Gasteiger partial charge is 0.148 e. The summed E-state index contributed by atoms with van der Waals surface area (Å²) < 4.78 is 5.38. The normalized spacial score (nSPS) is 17.1. The van der Waals surface area contributed by atoms with E-state index in [1.54, 1.807) is 7.11 Å². The van der Waals surface area contributed by atoms with Crippen LogP contribution < -0.4 is 10.1 Å². The molecule has 1 aromatic carbocycles. The van der Waals surface area contributed by atoms with E-state index in [9.17, 15) is 0 Å². The Kier molecular flexibility index (Phi) is 4.13. The van der Waals surface area contributed by atoms with Gasteiger partial charge in [-0.2, -0.15) is 0 Å². The van der Waals surface area contributed by atoms with Crippen molar-refractivity contribution in [2.24, 2.45) is 0 Å². The Hall–Kier alpha value is -2.10. The van der Waals surface area contributed by atoms with Gasteiger partial charge in [0.1, 0.15) is 11.6 Å². The molecule has 0 radical (unpaired) electrons. The largest absolute Gasteiger partial charge is 0.497 e. The van der Waals surface area contributed by atoms with Crippen molar-refractivity contribution < 1.29 is 4.74 Å². The summed E-state index contributed by atoms with van der Waals surface area (Å²) in [6.07, 6.45) is 8.38. The third-order valence-corrected chi connectivity index (χ3v) is 5.42. The Bertz CT molecular complexity index is 751. The maximum Gasteiger partial charge on any atom is 0.148 e. The Morgan fingerprint density at radius 1 is 1.08 bits per heavy atom. The molecule has 126 valence electrons. The summed E-state index contributed by atoms with van der Waals surface area (Å²) in [6, 6.07) is 6.32. The number of nitrogens with zero attached hydrogens (tertiary/aromatic N) is 2. The van der Waals surface area contributed by atoms with E-state index in [1.165, 1.54) is 48.9 Å². The molecule has 1 heterocycles. The molecule has 4 nitrogen and oxygen atoms in total. The number of hydrogen-bond donors (Lipinski definition) is 1. The first-order valence-electron chi connectivity index (χ1n) is 9.06. The van der Waals surface area contributed by atoms with Gasteiger partial charge in [0.05, 0.1) is 24.2 Å². The average Bonchev–Trinajstić information content (AvgIpc) is 2.66. The molecule has 0 atom stereocenters. The molecule has 0 aliphatic heterocycles. The molecule has 4 rings (SSSR count). The van der Waals surface area contributed by atoms with Crippen molar-refractivity contribution in [2.75, 3.05) is 19.5 Å². The molecule has 0 bridgehead atoms. The van der Waals surface area contributed by atoms with Crippen LogP contribution in [0.15, 0.2) is 18.2 Å². The maximum atomic E-state index is 5.38. The van der Waals surface area contributed by atoms with Crippen LogP contribution in [0.2, 0.25) is 0 Å². The number of aromatic nitrogens is 2. The summed E-state index contributed by atoms with van der Waals surface area (Å²) in [5.41, 5.74) is 5.92. The van der Waals surface area contributed by atoms with E-state index in [2.05, 4.69) is 17.4 Å². The van der Waals surface area contributed by atoms with Crippen molar-refractivity contribution >= 4 is 5.82 Å². The molecule has 0 unspecified atom stereocenters. The van der Waals surface area contributed by atoms with Gasteiger partial charge in [-0.3, -0.25) is 0 Å². The first kappa shape index (κ1) is 15.4. The molecule has 1 saturated carbocycles. The summed E-state index contributed by atoms with van der Waals surface area (Å²) in [6.45, 7) is 0. The Labute approximate surface area is 143 Å². The number of anilines is 1. The minimum absolute atomic E-state index is 0.544. The van der Waals surface area contributed by atoms with Crippen LogP contribution in [0.3, 0.4) is 0 Å². The topological polar surface area (TPSA) is 47.0 Å². The van der Waals surface area contributed by atoms with Gasteiger partial charge in [0.25, 0.3) is 0 Å². The third kappa shape index (κ3) is 2.64. The number of fused-ring (bicyclic) bond motifs is 3. The molecule has 0 saturated heterocycles. The minimum Gasteiger partial charge on any atom is -0.497 e. The van der Waals surface area contributed by atoms with Crippen LogP contribution in [0.25, 0.3) is 11.3 Å². The monoisotopic (exact) mass is 323 g/mol.